The smallest absolute Gasteiger partial charge is 0.308 e. The number of nitrogens with one attached hydrogen (secondary N) is 1. The normalized spacial score (nSPS) is 16.8. The molecule has 0 bridgehead atoms. The van der Waals surface area contributed by atoms with E-state index in [9.17, 15) is 14.4 Å². The molecule has 1 atom stereocenters. The zero-order chi connectivity index (χ0) is 18.9. The standard InChI is InChI=1S/C19H26N2O5/c1-3-5-12-26-15-8-6-14(7-9-15)19(24)21-11-10-20-18(23)16(21)13-17(22)25-4-2/h6-9,16H,3-5,10-13H2,1-2H3,(H,20,23)/t16-/m1/s1. The van der Waals surface area contributed by atoms with Gasteiger partial charge in [0.1, 0.15) is 11.8 Å². The highest BCUT2D eigenvalue weighted by atomic mass is 16.5. The van der Waals surface area contributed by atoms with E-state index in [0.29, 0.717) is 31.0 Å². The first-order valence-corrected chi connectivity index (χ1v) is 9.04. The van der Waals surface area contributed by atoms with Gasteiger partial charge in [-0.2, -0.15) is 0 Å². The third-order valence-corrected chi connectivity index (χ3v) is 4.12. The van der Waals surface area contributed by atoms with Crippen LogP contribution in [0.2, 0.25) is 0 Å². The number of ether oxygens (including phenoxy) is 2. The fourth-order valence-electron chi connectivity index (χ4n) is 2.73. The van der Waals surface area contributed by atoms with Gasteiger partial charge in [0.05, 0.1) is 19.6 Å². The lowest BCUT2D eigenvalue weighted by molar-refractivity contribution is -0.147. The quantitative estimate of drug-likeness (QED) is 0.563. The Kier molecular flexibility index (Phi) is 7.44. The molecular formula is C19H26N2O5. The molecule has 1 aliphatic rings. The van der Waals surface area contributed by atoms with Crippen molar-refractivity contribution >= 4 is 17.8 Å². The van der Waals surface area contributed by atoms with Crippen LogP contribution in [0, 0.1) is 0 Å². The Balaban J connectivity index is 2.07. The number of rotatable bonds is 8. The molecule has 7 heteroatoms. The Labute approximate surface area is 153 Å². The predicted octanol–water partition coefficient (Wildman–Crippen LogP) is 1.76. The number of benzene rings is 1. The molecule has 1 fully saturated rings. The van der Waals surface area contributed by atoms with E-state index >= 15 is 0 Å². The van der Waals surface area contributed by atoms with Gasteiger partial charge in [0.25, 0.3) is 5.91 Å². The van der Waals surface area contributed by atoms with Crippen molar-refractivity contribution in [2.45, 2.75) is 39.2 Å². The molecule has 1 aromatic carbocycles. The Morgan fingerprint density at radius 3 is 2.62 bits per heavy atom. The molecule has 0 spiro atoms. The lowest BCUT2D eigenvalue weighted by atomic mass is 10.1. The van der Waals surface area contributed by atoms with E-state index < -0.39 is 12.0 Å². The number of unbranched alkanes of at least 4 members (excludes halogenated alkanes) is 1. The first kappa shape index (κ1) is 19.8. The highest BCUT2D eigenvalue weighted by molar-refractivity contribution is 5.99. The molecule has 1 aromatic rings. The number of piperazine rings is 1. The fraction of sp³-hybridized carbons (Fsp3) is 0.526. The number of carbonyl (C=O) groups is 3. The molecule has 2 amide bonds. The van der Waals surface area contributed by atoms with E-state index in [0.717, 1.165) is 12.8 Å². The summed E-state index contributed by atoms with van der Waals surface area (Å²) in [6.45, 7) is 5.38. The summed E-state index contributed by atoms with van der Waals surface area (Å²) in [6.07, 6.45) is 1.87. The third-order valence-electron chi connectivity index (χ3n) is 4.12. The molecule has 1 N–H and O–H groups in total. The number of hydrogen-bond acceptors (Lipinski definition) is 5. The van der Waals surface area contributed by atoms with Gasteiger partial charge in [-0.3, -0.25) is 14.4 Å². The fourth-order valence-corrected chi connectivity index (χ4v) is 2.73. The molecule has 0 saturated carbocycles. The number of esters is 1. The minimum atomic E-state index is -0.851. The van der Waals surface area contributed by atoms with Gasteiger partial charge >= 0.3 is 5.97 Å². The van der Waals surface area contributed by atoms with E-state index in [1.54, 1.807) is 31.2 Å². The molecule has 0 unspecified atom stereocenters. The topological polar surface area (TPSA) is 84.9 Å². The summed E-state index contributed by atoms with van der Waals surface area (Å²) >= 11 is 0. The largest absolute Gasteiger partial charge is 0.494 e. The van der Waals surface area contributed by atoms with Gasteiger partial charge in [0.15, 0.2) is 0 Å². The number of carbonyl (C=O) groups excluding carboxylic acids is 3. The van der Waals surface area contributed by atoms with Crippen LogP contribution in [0.15, 0.2) is 24.3 Å². The van der Waals surface area contributed by atoms with Crippen LogP contribution in [0.4, 0.5) is 0 Å². The average molecular weight is 362 g/mol. The van der Waals surface area contributed by atoms with Crippen LogP contribution < -0.4 is 10.1 Å². The Bertz CT molecular complexity index is 629. The van der Waals surface area contributed by atoms with Crippen LogP contribution in [0.3, 0.4) is 0 Å². The van der Waals surface area contributed by atoms with Crippen molar-refractivity contribution in [2.24, 2.45) is 0 Å². The van der Waals surface area contributed by atoms with Crippen molar-refractivity contribution in [2.75, 3.05) is 26.3 Å². The number of amides is 2. The third kappa shape index (κ3) is 5.21. The second kappa shape index (κ2) is 9.79. The summed E-state index contributed by atoms with van der Waals surface area (Å²) in [5.74, 6) is -0.409. The molecule has 0 radical (unpaired) electrons. The summed E-state index contributed by atoms with van der Waals surface area (Å²) in [6, 6.07) is 5.99. The van der Waals surface area contributed by atoms with Crippen molar-refractivity contribution in [1.29, 1.82) is 0 Å². The monoisotopic (exact) mass is 362 g/mol. The second-order valence-electron chi connectivity index (χ2n) is 6.04. The molecule has 1 heterocycles. The van der Waals surface area contributed by atoms with Gasteiger partial charge in [0.2, 0.25) is 5.91 Å². The van der Waals surface area contributed by atoms with E-state index in [-0.39, 0.29) is 24.8 Å². The minimum Gasteiger partial charge on any atom is -0.494 e. The molecule has 26 heavy (non-hydrogen) atoms. The maximum atomic E-state index is 12.8. The van der Waals surface area contributed by atoms with Crippen molar-refractivity contribution in [3.8, 4) is 5.75 Å². The van der Waals surface area contributed by atoms with Crippen molar-refractivity contribution < 1.29 is 23.9 Å². The Morgan fingerprint density at radius 1 is 1.23 bits per heavy atom. The van der Waals surface area contributed by atoms with Gasteiger partial charge in [-0.25, -0.2) is 0 Å². The molecule has 2 rings (SSSR count). The van der Waals surface area contributed by atoms with Crippen LogP contribution in [-0.4, -0.2) is 55.0 Å². The summed E-state index contributed by atoms with van der Waals surface area (Å²) in [7, 11) is 0. The predicted molar refractivity (Wildman–Crippen MR) is 95.9 cm³/mol. The van der Waals surface area contributed by atoms with Gasteiger partial charge in [-0.15, -0.1) is 0 Å². The lowest BCUT2D eigenvalue weighted by Crippen LogP contribution is -2.57. The molecule has 0 aliphatic carbocycles. The van der Waals surface area contributed by atoms with Crippen LogP contribution in [0.5, 0.6) is 5.75 Å². The van der Waals surface area contributed by atoms with Crippen molar-refractivity contribution in [1.82, 2.24) is 10.2 Å². The maximum absolute atomic E-state index is 12.8. The van der Waals surface area contributed by atoms with E-state index in [1.807, 2.05) is 0 Å². The molecule has 7 nitrogen and oxygen atoms in total. The summed E-state index contributed by atoms with van der Waals surface area (Å²) in [4.78, 5) is 38.2. The van der Waals surface area contributed by atoms with Gasteiger partial charge in [0, 0.05) is 18.7 Å². The SMILES string of the molecule is CCCCOc1ccc(C(=O)N2CCNC(=O)[C@H]2CC(=O)OCC)cc1. The molecule has 0 aromatic heterocycles. The van der Waals surface area contributed by atoms with Crippen LogP contribution >= 0.6 is 0 Å². The maximum Gasteiger partial charge on any atom is 0.308 e. The molecule has 1 aliphatic heterocycles. The Hall–Kier alpha value is -2.57. The summed E-state index contributed by atoms with van der Waals surface area (Å²) in [5, 5.41) is 2.69. The van der Waals surface area contributed by atoms with Crippen molar-refractivity contribution in [3.63, 3.8) is 0 Å². The number of hydrogen-bond donors (Lipinski definition) is 1. The highest BCUT2D eigenvalue weighted by Crippen LogP contribution is 2.18. The molecule has 1 saturated heterocycles. The average Bonchev–Trinajstić information content (AvgIpc) is 2.64. The van der Waals surface area contributed by atoms with E-state index in [1.165, 1.54) is 4.90 Å². The number of nitrogens with zero attached hydrogens (tertiary/aromatic N) is 1. The zero-order valence-corrected chi connectivity index (χ0v) is 15.3. The van der Waals surface area contributed by atoms with Crippen LogP contribution in [0.1, 0.15) is 43.5 Å². The first-order valence-electron chi connectivity index (χ1n) is 9.04. The Morgan fingerprint density at radius 2 is 1.96 bits per heavy atom. The highest BCUT2D eigenvalue weighted by Gasteiger charge is 2.35. The zero-order valence-electron chi connectivity index (χ0n) is 15.3. The minimum absolute atomic E-state index is 0.149. The van der Waals surface area contributed by atoms with Crippen molar-refractivity contribution in [3.05, 3.63) is 29.8 Å². The van der Waals surface area contributed by atoms with Gasteiger partial charge in [-0.05, 0) is 37.6 Å². The van der Waals surface area contributed by atoms with Crippen LogP contribution in [-0.2, 0) is 14.3 Å². The first-order chi connectivity index (χ1) is 12.6. The lowest BCUT2D eigenvalue weighted by Gasteiger charge is -2.34. The molecular weight excluding hydrogens is 336 g/mol. The second-order valence-corrected chi connectivity index (χ2v) is 6.04. The molecule has 142 valence electrons. The van der Waals surface area contributed by atoms with Crippen LogP contribution in [0.25, 0.3) is 0 Å². The van der Waals surface area contributed by atoms with Gasteiger partial charge < -0.3 is 19.7 Å². The van der Waals surface area contributed by atoms with Gasteiger partial charge in [-0.1, -0.05) is 13.3 Å². The summed E-state index contributed by atoms with van der Waals surface area (Å²) in [5.41, 5.74) is 0.455. The summed E-state index contributed by atoms with van der Waals surface area (Å²) < 4.78 is 10.5. The van der Waals surface area contributed by atoms with E-state index in [2.05, 4.69) is 12.2 Å². The van der Waals surface area contributed by atoms with E-state index in [4.69, 9.17) is 9.47 Å².